The minimum absolute atomic E-state index is 0.0908. The van der Waals surface area contributed by atoms with E-state index in [1.807, 2.05) is 18.2 Å². The van der Waals surface area contributed by atoms with Gasteiger partial charge in [-0.2, -0.15) is 5.10 Å². The predicted molar refractivity (Wildman–Crippen MR) is 89.5 cm³/mol. The van der Waals surface area contributed by atoms with Gasteiger partial charge in [0.2, 0.25) is 5.91 Å². The highest BCUT2D eigenvalue weighted by Gasteiger charge is 2.07. The first-order chi connectivity index (χ1) is 11.5. The molecule has 0 aliphatic rings. The van der Waals surface area contributed by atoms with Gasteiger partial charge in [-0.15, -0.1) is 0 Å². The number of amides is 1. The molecule has 7 nitrogen and oxygen atoms in total. The summed E-state index contributed by atoms with van der Waals surface area (Å²) in [5.41, 5.74) is 1.40. The van der Waals surface area contributed by atoms with E-state index in [9.17, 15) is 9.59 Å². The van der Waals surface area contributed by atoms with Crippen LogP contribution in [0.5, 0.6) is 11.5 Å². The van der Waals surface area contributed by atoms with Crippen LogP contribution in [0.1, 0.15) is 11.3 Å². The van der Waals surface area contributed by atoms with Gasteiger partial charge < -0.3 is 14.8 Å². The highest BCUT2D eigenvalue weighted by atomic mass is 16.5. The van der Waals surface area contributed by atoms with Crippen LogP contribution >= 0.6 is 0 Å². The Morgan fingerprint density at radius 2 is 1.92 bits per heavy atom. The summed E-state index contributed by atoms with van der Waals surface area (Å²) >= 11 is 0. The van der Waals surface area contributed by atoms with Crippen LogP contribution in [0.3, 0.4) is 0 Å². The molecule has 24 heavy (non-hydrogen) atoms. The fourth-order valence-corrected chi connectivity index (χ4v) is 2.24. The molecule has 0 aliphatic carbocycles. The fourth-order valence-electron chi connectivity index (χ4n) is 2.24. The van der Waals surface area contributed by atoms with Gasteiger partial charge >= 0.3 is 0 Å². The molecular formula is C17H21N3O4. The largest absolute Gasteiger partial charge is 0.493 e. The van der Waals surface area contributed by atoms with E-state index in [0.29, 0.717) is 30.2 Å². The zero-order valence-electron chi connectivity index (χ0n) is 14.0. The molecule has 7 heteroatoms. The van der Waals surface area contributed by atoms with Crippen LogP contribution in [0, 0.1) is 6.92 Å². The Morgan fingerprint density at radius 1 is 1.17 bits per heavy atom. The molecule has 0 unspecified atom stereocenters. The van der Waals surface area contributed by atoms with E-state index in [2.05, 4.69) is 10.4 Å². The molecule has 1 amide bonds. The lowest BCUT2D eigenvalue weighted by Gasteiger charge is -2.10. The van der Waals surface area contributed by atoms with E-state index in [-0.39, 0.29) is 18.0 Å². The van der Waals surface area contributed by atoms with Crippen LogP contribution < -0.4 is 20.3 Å². The monoisotopic (exact) mass is 331 g/mol. The van der Waals surface area contributed by atoms with Crippen molar-refractivity contribution < 1.29 is 14.3 Å². The first kappa shape index (κ1) is 17.5. The second-order valence-corrected chi connectivity index (χ2v) is 5.26. The van der Waals surface area contributed by atoms with E-state index in [1.54, 1.807) is 27.2 Å². The fraction of sp³-hybridized carbons (Fsp3) is 0.353. The minimum atomic E-state index is -0.296. The molecule has 0 bridgehead atoms. The summed E-state index contributed by atoms with van der Waals surface area (Å²) in [5, 5.41) is 6.82. The number of aromatic nitrogens is 2. The van der Waals surface area contributed by atoms with E-state index >= 15 is 0 Å². The molecule has 1 N–H and O–H groups in total. The number of ether oxygens (including phenoxy) is 2. The van der Waals surface area contributed by atoms with Crippen molar-refractivity contribution in [3.05, 3.63) is 51.9 Å². The van der Waals surface area contributed by atoms with Crippen molar-refractivity contribution in [2.75, 3.05) is 20.8 Å². The summed E-state index contributed by atoms with van der Waals surface area (Å²) in [6.07, 6.45) is 0.641. The van der Waals surface area contributed by atoms with Gasteiger partial charge in [0.25, 0.3) is 5.56 Å². The van der Waals surface area contributed by atoms with Crippen molar-refractivity contribution >= 4 is 5.91 Å². The number of rotatable bonds is 7. The van der Waals surface area contributed by atoms with Crippen LogP contribution in [0.25, 0.3) is 0 Å². The summed E-state index contributed by atoms with van der Waals surface area (Å²) in [6.45, 7) is 2.13. The first-order valence-corrected chi connectivity index (χ1v) is 7.56. The van der Waals surface area contributed by atoms with E-state index < -0.39 is 0 Å². The third-order valence-electron chi connectivity index (χ3n) is 3.48. The molecule has 1 aromatic heterocycles. The Kier molecular flexibility index (Phi) is 5.95. The lowest BCUT2D eigenvalue weighted by molar-refractivity contribution is -0.121. The lowest BCUT2D eigenvalue weighted by Crippen LogP contribution is -2.34. The van der Waals surface area contributed by atoms with Crippen LogP contribution in [-0.2, 0) is 17.8 Å². The maximum Gasteiger partial charge on any atom is 0.267 e. The third kappa shape index (κ3) is 4.58. The van der Waals surface area contributed by atoms with Crippen molar-refractivity contribution in [1.29, 1.82) is 0 Å². The van der Waals surface area contributed by atoms with Gasteiger partial charge in [-0.05, 0) is 37.1 Å². The SMILES string of the molecule is COc1ccc(CCNC(=O)Cn2nc(C)ccc2=O)cc1OC. The van der Waals surface area contributed by atoms with Gasteiger partial charge in [-0.1, -0.05) is 6.07 Å². The smallest absolute Gasteiger partial charge is 0.267 e. The van der Waals surface area contributed by atoms with E-state index in [0.717, 1.165) is 10.2 Å². The Hall–Kier alpha value is -2.83. The lowest BCUT2D eigenvalue weighted by atomic mass is 10.1. The summed E-state index contributed by atoms with van der Waals surface area (Å²) in [7, 11) is 3.16. The summed E-state index contributed by atoms with van der Waals surface area (Å²) in [4.78, 5) is 23.6. The highest BCUT2D eigenvalue weighted by molar-refractivity contribution is 5.75. The van der Waals surface area contributed by atoms with Crippen molar-refractivity contribution in [3.63, 3.8) is 0 Å². The molecule has 1 heterocycles. The van der Waals surface area contributed by atoms with Gasteiger partial charge in [-0.25, -0.2) is 4.68 Å². The molecule has 0 atom stereocenters. The Bertz CT molecular complexity index is 771. The number of hydrogen-bond donors (Lipinski definition) is 1. The number of carbonyl (C=O) groups excluding carboxylic acids is 1. The Labute approximate surface area is 140 Å². The average molecular weight is 331 g/mol. The highest BCUT2D eigenvalue weighted by Crippen LogP contribution is 2.27. The predicted octanol–water partition coefficient (Wildman–Crippen LogP) is 0.928. The van der Waals surface area contributed by atoms with Crippen LogP contribution in [-0.4, -0.2) is 36.5 Å². The van der Waals surface area contributed by atoms with Crippen LogP contribution in [0.4, 0.5) is 0 Å². The summed E-state index contributed by atoms with van der Waals surface area (Å²) in [5.74, 6) is 1.06. The minimum Gasteiger partial charge on any atom is -0.493 e. The topological polar surface area (TPSA) is 82.5 Å². The van der Waals surface area contributed by atoms with Gasteiger partial charge in [-0.3, -0.25) is 9.59 Å². The number of carbonyl (C=O) groups is 1. The molecule has 128 valence electrons. The van der Waals surface area contributed by atoms with Crippen molar-refractivity contribution in [2.24, 2.45) is 0 Å². The molecule has 0 fully saturated rings. The van der Waals surface area contributed by atoms with E-state index in [4.69, 9.17) is 9.47 Å². The number of benzene rings is 1. The molecule has 0 aliphatic heterocycles. The number of methoxy groups -OCH3 is 2. The number of hydrogen-bond acceptors (Lipinski definition) is 5. The molecule has 0 spiro atoms. The van der Waals surface area contributed by atoms with Crippen molar-refractivity contribution in [2.45, 2.75) is 19.9 Å². The molecule has 2 rings (SSSR count). The number of nitrogens with one attached hydrogen (secondary N) is 1. The standard InChI is InChI=1S/C17H21N3O4/c1-12-4-7-17(22)20(19-12)11-16(21)18-9-8-13-5-6-14(23-2)15(10-13)24-3/h4-7,10H,8-9,11H2,1-3H3,(H,18,21). The maximum atomic E-state index is 11.9. The second kappa shape index (κ2) is 8.14. The quantitative estimate of drug-likeness (QED) is 0.816. The van der Waals surface area contributed by atoms with Gasteiger partial charge in [0.05, 0.1) is 19.9 Å². The van der Waals surface area contributed by atoms with Gasteiger partial charge in [0, 0.05) is 12.6 Å². The maximum absolute atomic E-state index is 11.9. The normalized spacial score (nSPS) is 10.3. The molecule has 0 radical (unpaired) electrons. The number of aryl methyl sites for hydroxylation is 1. The number of nitrogens with zero attached hydrogens (tertiary/aromatic N) is 2. The average Bonchev–Trinajstić information content (AvgIpc) is 2.58. The van der Waals surface area contributed by atoms with Crippen molar-refractivity contribution in [3.8, 4) is 11.5 Å². The van der Waals surface area contributed by atoms with Crippen LogP contribution in [0.2, 0.25) is 0 Å². The third-order valence-corrected chi connectivity index (χ3v) is 3.48. The van der Waals surface area contributed by atoms with E-state index in [1.165, 1.54) is 6.07 Å². The zero-order valence-corrected chi connectivity index (χ0v) is 14.0. The molecule has 0 saturated heterocycles. The molecule has 0 saturated carbocycles. The summed E-state index contributed by atoms with van der Waals surface area (Å²) < 4.78 is 11.6. The van der Waals surface area contributed by atoms with Gasteiger partial charge in [0.1, 0.15) is 6.54 Å². The van der Waals surface area contributed by atoms with Crippen LogP contribution in [0.15, 0.2) is 35.1 Å². The molecule has 1 aromatic carbocycles. The molecule has 2 aromatic rings. The first-order valence-electron chi connectivity index (χ1n) is 7.56. The second-order valence-electron chi connectivity index (χ2n) is 5.26. The van der Waals surface area contributed by atoms with Crippen molar-refractivity contribution in [1.82, 2.24) is 15.1 Å². The molecular weight excluding hydrogens is 310 g/mol. The summed E-state index contributed by atoms with van der Waals surface area (Å²) in [6, 6.07) is 8.64. The van der Waals surface area contributed by atoms with Gasteiger partial charge in [0.15, 0.2) is 11.5 Å². The Morgan fingerprint density at radius 3 is 2.62 bits per heavy atom. The zero-order chi connectivity index (χ0) is 17.5. The Balaban J connectivity index is 1.88.